The van der Waals surface area contributed by atoms with Crippen LogP contribution < -0.4 is 5.32 Å². The first-order valence-electron chi connectivity index (χ1n) is 4.57. The molecule has 1 atom stereocenters. The van der Waals surface area contributed by atoms with Gasteiger partial charge in [-0.05, 0) is 6.92 Å². The van der Waals surface area contributed by atoms with Gasteiger partial charge in [0.2, 0.25) is 5.91 Å². The van der Waals surface area contributed by atoms with Crippen molar-refractivity contribution >= 4 is 17.7 Å². The molecule has 0 saturated heterocycles. The Bertz CT molecular complexity index is 400. The Labute approximate surface area is 93.6 Å². The Hall–Kier alpha value is -1.86. The van der Waals surface area contributed by atoms with Crippen molar-refractivity contribution in [3.05, 3.63) is 11.8 Å². The summed E-state index contributed by atoms with van der Waals surface area (Å²) in [5.41, 5.74) is -1.48. The fourth-order valence-corrected chi connectivity index (χ4v) is 1.20. The van der Waals surface area contributed by atoms with Gasteiger partial charge in [-0.1, -0.05) is 0 Å². The van der Waals surface area contributed by atoms with E-state index in [-0.39, 0.29) is 12.7 Å². The van der Waals surface area contributed by atoms with Crippen LogP contribution in [0.5, 0.6) is 0 Å². The van der Waals surface area contributed by atoms with Gasteiger partial charge in [0, 0.05) is 6.08 Å². The Kier molecular flexibility index (Phi) is 3.54. The first-order valence-corrected chi connectivity index (χ1v) is 4.57. The van der Waals surface area contributed by atoms with Crippen LogP contribution in [0, 0.1) is 5.92 Å². The molecule has 0 aliphatic carbocycles. The van der Waals surface area contributed by atoms with Gasteiger partial charge in [-0.3, -0.25) is 14.4 Å². The molecule has 1 aliphatic heterocycles. The topological polar surface area (TPSA) is 72.5 Å². The predicted molar refractivity (Wildman–Crippen MR) is 47.4 cm³/mol. The van der Waals surface area contributed by atoms with Crippen molar-refractivity contribution in [2.75, 3.05) is 6.61 Å². The molecule has 1 amide bonds. The van der Waals surface area contributed by atoms with Gasteiger partial charge in [0.05, 0.1) is 6.61 Å². The molecule has 0 aromatic rings. The highest BCUT2D eigenvalue weighted by Gasteiger charge is 2.45. The monoisotopic (exact) mass is 251 g/mol. The third-order valence-corrected chi connectivity index (χ3v) is 1.92. The predicted octanol–water partition coefficient (Wildman–Crippen LogP) is 0.311. The maximum absolute atomic E-state index is 12.2. The summed E-state index contributed by atoms with van der Waals surface area (Å²) in [6.07, 6.45) is -4.66. The lowest BCUT2D eigenvalue weighted by Gasteiger charge is -2.21. The SMILES string of the molecule is CCOC(=O)[C@H]1C(=O)C=C(C(F)(F)F)NC1=O. The number of alkyl halides is 3. The van der Waals surface area contributed by atoms with E-state index in [2.05, 4.69) is 4.74 Å². The van der Waals surface area contributed by atoms with Crippen molar-refractivity contribution in [1.82, 2.24) is 5.32 Å². The Morgan fingerprint density at radius 3 is 2.47 bits per heavy atom. The number of ether oxygens (including phenoxy) is 1. The molecule has 0 fully saturated rings. The van der Waals surface area contributed by atoms with Gasteiger partial charge in [0.15, 0.2) is 11.7 Å². The number of nitrogens with one attached hydrogen (secondary N) is 1. The van der Waals surface area contributed by atoms with Crippen molar-refractivity contribution in [3.8, 4) is 0 Å². The van der Waals surface area contributed by atoms with Gasteiger partial charge in [-0.15, -0.1) is 0 Å². The van der Waals surface area contributed by atoms with E-state index in [9.17, 15) is 27.6 Å². The van der Waals surface area contributed by atoms with E-state index < -0.39 is 35.5 Å². The van der Waals surface area contributed by atoms with Crippen molar-refractivity contribution in [3.63, 3.8) is 0 Å². The van der Waals surface area contributed by atoms with Crippen molar-refractivity contribution < 1.29 is 32.3 Å². The summed E-state index contributed by atoms with van der Waals surface area (Å²) >= 11 is 0. The number of hydrogen-bond acceptors (Lipinski definition) is 4. The average molecular weight is 251 g/mol. The minimum atomic E-state index is -4.84. The smallest absolute Gasteiger partial charge is 0.431 e. The van der Waals surface area contributed by atoms with Crippen LogP contribution in [0.4, 0.5) is 13.2 Å². The molecule has 5 nitrogen and oxygen atoms in total. The van der Waals surface area contributed by atoms with Gasteiger partial charge >= 0.3 is 12.1 Å². The second-order valence-corrected chi connectivity index (χ2v) is 3.13. The van der Waals surface area contributed by atoms with E-state index in [1.54, 1.807) is 0 Å². The molecule has 0 spiro atoms. The standard InChI is InChI=1S/C9H8F3NO4/c1-2-17-8(16)6-4(14)3-5(9(10,11)12)13-7(6)15/h3,6H,2H2,1H3,(H,13,15)/t6-/m0/s1. The summed E-state index contributed by atoms with van der Waals surface area (Å²) in [6.45, 7) is 1.37. The van der Waals surface area contributed by atoms with Crippen LogP contribution in [-0.2, 0) is 19.1 Å². The Morgan fingerprint density at radius 1 is 1.47 bits per heavy atom. The van der Waals surface area contributed by atoms with Crippen LogP contribution in [0.25, 0.3) is 0 Å². The van der Waals surface area contributed by atoms with E-state index in [4.69, 9.17) is 0 Å². The zero-order valence-electron chi connectivity index (χ0n) is 8.63. The molecule has 0 bridgehead atoms. The lowest BCUT2D eigenvalue weighted by molar-refractivity contribution is -0.156. The second kappa shape index (κ2) is 4.56. The molecule has 1 N–H and O–H groups in total. The van der Waals surface area contributed by atoms with E-state index in [1.165, 1.54) is 12.2 Å². The summed E-state index contributed by atoms with van der Waals surface area (Å²) in [5.74, 6) is -5.59. The highest BCUT2D eigenvalue weighted by Crippen LogP contribution is 2.26. The molecule has 1 rings (SSSR count). The maximum Gasteiger partial charge on any atom is 0.431 e. The number of allylic oxidation sites excluding steroid dienone is 2. The zero-order valence-corrected chi connectivity index (χ0v) is 8.63. The number of halogens is 3. The van der Waals surface area contributed by atoms with E-state index in [0.29, 0.717) is 0 Å². The zero-order chi connectivity index (χ0) is 13.2. The van der Waals surface area contributed by atoms with Crippen LogP contribution in [0.2, 0.25) is 0 Å². The third-order valence-electron chi connectivity index (χ3n) is 1.92. The van der Waals surface area contributed by atoms with Crippen LogP contribution in [0.1, 0.15) is 6.92 Å². The first-order chi connectivity index (χ1) is 7.77. The number of rotatable bonds is 2. The molecule has 94 valence electrons. The number of esters is 1. The van der Waals surface area contributed by atoms with Gasteiger partial charge in [0.1, 0.15) is 5.70 Å². The summed E-state index contributed by atoms with van der Waals surface area (Å²) < 4.78 is 41.1. The summed E-state index contributed by atoms with van der Waals surface area (Å²) in [6, 6.07) is 0. The van der Waals surface area contributed by atoms with Crippen LogP contribution in [0.3, 0.4) is 0 Å². The van der Waals surface area contributed by atoms with Crippen LogP contribution >= 0.6 is 0 Å². The summed E-state index contributed by atoms with van der Waals surface area (Å²) in [7, 11) is 0. The molecule has 8 heteroatoms. The molecule has 1 aliphatic rings. The number of amides is 1. The van der Waals surface area contributed by atoms with Crippen LogP contribution in [0.15, 0.2) is 11.8 Å². The Balaban J connectivity index is 2.96. The molecule has 0 aromatic heterocycles. The molecule has 0 aromatic carbocycles. The van der Waals surface area contributed by atoms with Crippen molar-refractivity contribution in [2.24, 2.45) is 5.92 Å². The normalized spacial score (nSPS) is 20.7. The van der Waals surface area contributed by atoms with Gasteiger partial charge in [-0.2, -0.15) is 13.2 Å². The third kappa shape index (κ3) is 2.83. The molecule has 17 heavy (non-hydrogen) atoms. The van der Waals surface area contributed by atoms with Crippen molar-refractivity contribution in [2.45, 2.75) is 13.1 Å². The number of carbonyl (C=O) groups is 3. The quantitative estimate of drug-likeness (QED) is 0.566. The summed E-state index contributed by atoms with van der Waals surface area (Å²) in [4.78, 5) is 33.6. The Morgan fingerprint density at radius 2 is 2.06 bits per heavy atom. The molecule has 1 heterocycles. The fraction of sp³-hybridized carbons (Fsp3) is 0.444. The molecular formula is C9H8F3NO4. The minimum Gasteiger partial charge on any atom is -0.465 e. The van der Waals surface area contributed by atoms with Gasteiger partial charge in [-0.25, -0.2) is 0 Å². The lowest BCUT2D eigenvalue weighted by atomic mass is 9.98. The van der Waals surface area contributed by atoms with Gasteiger partial charge in [0.25, 0.3) is 0 Å². The highest BCUT2D eigenvalue weighted by atomic mass is 19.4. The number of carbonyl (C=O) groups excluding carboxylic acids is 3. The maximum atomic E-state index is 12.2. The lowest BCUT2D eigenvalue weighted by Crippen LogP contribution is -2.47. The molecule has 0 unspecified atom stereocenters. The number of hydrogen-bond donors (Lipinski definition) is 1. The van der Waals surface area contributed by atoms with E-state index in [0.717, 1.165) is 0 Å². The van der Waals surface area contributed by atoms with Gasteiger partial charge < -0.3 is 10.1 Å². The molecule has 0 radical (unpaired) electrons. The van der Waals surface area contributed by atoms with E-state index >= 15 is 0 Å². The van der Waals surface area contributed by atoms with E-state index in [1.807, 2.05) is 0 Å². The van der Waals surface area contributed by atoms with Crippen molar-refractivity contribution in [1.29, 1.82) is 0 Å². The largest absolute Gasteiger partial charge is 0.465 e. The fourth-order valence-electron chi connectivity index (χ4n) is 1.20. The van der Waals surface area contributed by atoms with Crippen LogP contribution in [-0.4, -0.2) is 30.4 Å². The summed E-state index contributed by atoms with van der Waals surface area (Å²) in [5, 5.41) is 1.45. The molecular weight excluding hydrogens is 243 g/mol. The minimum absolute atomic E-state index is 0.0776. The highest BCUT2D eigenvalue weighted by molar-refractivity contribution is 6.22. The first kappa shape index (κ1) is 13.2. The molecule has 0 saturated carbocycles. The average Bonchev–Trinajstić information content (AvgIpc) is 2.15. The number of ketones is 1. The second-order valence-electron chi connectivity index (χ2n) is 3.13.